The van der Waals surface area contributed by atoms with Gasteiger partial charge >= 0.3 is 5.97 Å². The third kappa shape index (κ3) is 5.21. The van der Waals surface area contributed by atoms with Gasteiger partial charge in [-0.3, -0.25) is 4.79 Å². The van der Waals surface area contributed by atoms with Crippen LogP contribution in [0.5, 0.6) is 0 Å². The zero-order valence-corrected chi connectivity index (χ0v) is 23.7. The normalized spacial score (nSPS) is 22.7. The average molecular weight is 554 g/mol. The Bertz CT molecular complexity index is 1620. The largest absolute Gasteiger partial charge is 0.477 e. The van der Waals surface area contributed by atoms with Crippen molar-refractivity contribution in [1.82, 2.24) is 24.9 Å². The van der Waals surface area contributed by atoms with E-state index in [0.717, 1.165) is 50.1 Å². The van der Waals surface area contributed by atoms with Crippen LogP contribution in [-0.2, 0) is 5.41 Å². The molecule has 0 bridgehead atoms. The lowest BCUT2D eigenvalue weighted by molar-refractivity contribution is 0.0690. The van der Waals surface area contributed by atoms with E-state index in [1.54, 1.807) is 16.6 Å². The van der Waals surface area contributed by atoms with Crippen LogP contribution < -0.4 is 15.1 Å². The molecule has 2 atom stereocenters. The number of amides is 1. The van der Waals surface area contributed by atoms with E-state index in [-0.39, 0.29) is 22.8 Å². The number of nitrogens with zero attached hydrogens (tertiary/aromatic N) is 6. The number of carbonyl (C=O) groups excluding carboxylic acids is 1. The van der Waals surface area contributed by atoms with E-state index < -0.39 is 11.5 Å². The van der Waals surface area contributed by atoms with Gasteiger partial charge < -0.3 is 20.2 Å². The maximum atomic E-state index is 13.4. The highest BCUT2D eigenvalue weighted by Crippen LogP contribution is 2.36. The van der Waals surface area contributed by atoms with Crippen LogP contribution in [0.25, 0.3) is 5.65 Å². The Balaban J connectivity index is 1.19. The summed E-state index contributed by atoms with van der Waals surface area (Å²) in [7, 11) is 0. The van der Waals surface area contributed by atoms with Crippen LogP contribution in [0.2, 0.25) is 0 Å². The Morgan fingerprint density at radius 3 is 2.54 bits per heavy atom. The first-order valence-corrected chi connectivity index (χ1v) is 14.1. The second-order valence-electron chi connectivity index (χ2n) is 11.9. The lowest BCUT2D eigenvalue weighted by Crippen LogP contribution is -2.57. The monoisotopic (exact) mass is 553 g/mol. The summed E-state index contributed by atoms with van der Waals surface area (Å²) >= 11 is 0. The van der Waals surface area contributed by atoms with E-state index in [9.17, 15) is 14.7 Å². The van der Waals surface area contributed by atoms with E-state index in [2.05, 4.69) is 68.6 Å². The topological polar surface area (TPSA) is 116 Å². The molecule has 0 radical (unpaired) electrons. The Morgan fingerprint density at radius 2 is 1.76 bits per heavy atom. The van der Waals surface area contributed by atoms with Crippen LogP contribution in [0.15, 0.2) is 60.8 Å². The van der Waals surface area contributed by atoms with Crippen LogP contribution in [0.4, 0.5) is 11.5 Å². The number of aromatic nitrogens is 4. The van der Waals surface area contributed by atoms with Crippen molar-refractivity contribution in [3.05, 3.63) is 83.4 Å². The molecule has 1 amide bonds. The van der Waals surface area contributed by atoms with Crippen molar-refractivity contribution in [3.63, 3.8) is 0 Å². The SMILES string of the molecule is Cc1cc(N2CC[C@](C)(c3ccccc3)C2)cn2nc(C(=O)NC3(C)CCCN(c4cccc(C(=O)O)n4)C3)nc12. The van der Waals surface area contributed by atoms with E-state index in [4.69, 9.17) is 0 Å². The molecule has 2 aliphatic heterocycles. The van der Waals surface area contributed by atoms with Gasteiger partial charge in [0.15, 0.2) is 11.3 Å². The Labute approximate surface area is 239 Å². The number of carbonyl (C=O) groups is 2. The molecule has 2 fully saturated rings. The molecule has 0 aliphatic carbocycles. The molecule has 2 N–H and O–H groups in total. The van der Waals surface area contributed by atoms with E-state index >= 15 is 0 Å². The standard InChI is InChI=1S/C31H35N7O3/c1-21-17-23(36-16-14-30(2,19-36)22-9-5-4-6-10-22)18-38-27(21)33-26(35-38)28(39)34-31(3)13-8-15-37(20-31)25-12-7-11-24(32-25)29(40)41/h4-7,9-12,17-18H,8,13-16,19-20H2,1-3H3,(H,34,39)(H,40,41)/t30-,31?/m0/s1. The average Bonchev–Trinajstić information content (AvgIpc) is 3.59. The van der Waals surface area contributed by atoms with Crippen molar-refractivity contribution in [1.29, 1.82) is 0 Å². The Kier molecular flexibility index (Phi) is 6.63. The number of piperidine rings is 1. The molecule has 3 aromatic heterocycles. The minimum absolute atomic E-state index is 0.000995. The number of aromatic carboxylic acids is 1. The molecular formula is C31H35N7O3. The van der Waals surface area contributed by atoms with Gasteiger partial charge in [0.05, 0.1) is 17.4 Å². The van der Waals surface area contributed by atoms with Crippen molar-refractivity contribution in [2.75, 3.05) is 36.0 Å². The van der Waals surface area contributed by atoms with Crippen molar-refractivity contribution < 1.29 is 14.7 Å². The fourth-order valence-corrected chi connectivity index (χ4v) is 6.24. The van der Waals surface area contributed by atoms with Crippen molar-refractivity contribution in [2.24, 2.45) is 0 Å². The molecule has 212 valence electrons. The summed E-state index contributed by atoms with van der Waals surface area (Å²) in [5, 5.41) is 17.1. The number of hydrogen-bond donors (Lipinski definition) is 2. The van der Waals surface area contributed by atoms with Gasteiger partial charge in [0, 0.05) is 31.6 Å². The van der Waals surface area contributed by atoms with Crippen molar-refractivity contribution >= 4 is 29.0 Å². The minimum atomic E-state index is -1.06. The molecular weight excluding hydrogens is 518 g/mol. The van der Waals surface area contributed by atoms with Gasteiger partial charge in [-0.15, -0.1) is 5.10 Å². The second kappa shape index (κ2) is 10.2. The molecule has 6 rings (SSSR count). The highest BCUT2D eigenvalue weighted by Gasteiger charge is 2.36. The van der Waals surface area contributed by atoms with Gasteiger partial charge in [-0.1, -0.05) is 43.3 Å². The summed E-state index contributed by atoms with van der Waals surface area (Å²) in [4.78, 5) is 38.1. The quantitative estimate of drug-likeness (QED) is 0.367. The number of rotatable bonds is 6. The highest BCUT2D eigenvalue weighted by molar-refractivity contribution is 5.91. The zero-order valence-electron chi connectivity index (χ0n) is 23.7. The van der Waals surface area contributed by atoms with Gasteiger partial charge in [-0.25, -0.2) is 19.3 Å². The number of pyridine rings is 2. The third-order valence-corrected chi connectivity index (χ3v) is 8.50. The first-order valence-electron chi connectivity index (χ1n) is 14.1. The van der Waals surface area contributed by atoms with Crippen LogP contribution in [0, 0.1) is 6.92 Å². The zero-order chi connectivity index (χ0) is 28.8. The molecule has 4 aromatic rings. The maximum Gasteiger partial charge on any atom is 0.354 e. The molecule has 10 heteroatoms. The summed E-state index contributed by atoms with van der Waals surface area (Å²) in [6.07, 6.45) is 4.63. The Morgan fingerprint density at radius 1 is 0.951 bits per heavy atom. The number of carboxylic acid groups (broad SMARTS) is 1. The van der Waals surface area contributed by atoms with Crippen LogP contribution >= 0.6 is 0 Å². The van der Waals surface area contributed by atoms with Crippen LogP contribution in [0.1, 0.15) is 65.3 Å². The van der Waals surface area contributed by atoms with E-state index in [1.165, 1.54) is 11.6 Å². The predicted molar refractivity (Wildman–Crippen MR) is 157 cm³/mol. The number of anilines is 2. The number of nitrogens with one attached hydrogen (secondary N) is 1. The van der Waals surface area contributed by atoms with Crippen LogP contribution in [0.3, 0.4) is 0 Å². The number of carboxylic acids is 1. The Hall–Kier alpha value is -4.47. The lowest BCUT2D eigenvalue weighted by Gasteiger charge is -2.41. The first kappa shape index (κ1) is 26.7. The summed E-state index contributed by atoms with van der Waals surface area (Å²) in [5.41, 5.74) is 3.56. The number of fused-ring (bicyclic) bond motifs is 1. The molecule has 0 spiro atoms. The van der Waals surface area contributed by atoms with Crippen LogP contribution in [-0.4, -0.2) is 68.3 Å². The van der Waals surface area contributed by atoms with Gasteiger partial charge in [-0.05, 0) is 62.4 Å². The molecule has 2 aliphatic rings. The summed E-state index contributed by atoms with van der Waals surface area (Å²) < 4.78 is 1.72. The summed E-state index contributed by atoms with van der Waals surface area (Å²) in [6, 6.07) is 17.8. The lowest BCUT2D eigenvalue weighted by atomic mass is 9.82. The van der Waals surface area contributed by atoms with Gasteiger partial charge in [0.1, 0.15) is 5.82 Å². The molecule has 41 heavy (non-hydrogen) atoms. The van der Waals surface area contributed by atoms with Crippen molar-refractivity contribution in [3.8, 4) is 0 Å². The third-order valence-electron chi connectivity index (χ3n) is 8.50. The molecule has 10 nitrogen and oxygen atoms in total. The molecule has 2 saturated heterocycles. The number of hydrogen-bond acceptors (Lipinski definition) is 7. The maximum absolute atomic E-state index is 13.4. The van der Waals surface area contributed by atoms with E-state index in [0.29, 0.717) is 18.0 Å². The molecule has 0 saturated carbocycles. The molecule has 5 heterocycles. The molecule has 1 aromatic carbocycles. The fraction of sp³-hybridized carbons (Fsp3) is 0.387. The van der Waals surface area contributed by atoms with Crippen molar-refractivity contribution in [2.45, 2.75) is 51.0 Å². The summed E-state index contributed by atoms with van der Waals surface area (Å²) in [5.74, 6) is -0.676. The van der Waals surface area contributed by atoms with Gasteiger partial charge in [0.25, 0.3) is 5.91 Å². The fourth-order valence-electron chi connectivity index (χ4n) is 6.24. The van der Waals surface area contributed by atoms with Gasteiger partial charge in [-0.2, -0.15) is 0 Å². The predicted octanol–water partition coefficient (Wildman–Crippen LogP) is 4.09. The summed E-state index contributed by atoms with van der Waals surface area (Å²) in [6.45, 7) is 9.39. The van der Waals surface area contributed by atoms with E-state index in [1.807, 2.05) is 24.9 Å². The van der Waals surface area contributed by atoms with Gasteiger partial charge in [0.2, 0.25) is 5.82 Å². The minimum Gasteiger partial charge on any atom is -0.477 e. The molecule has 1 unspecified atom stereocenters. The number of benzene rings is 1. The number of aryl methyl sites for hydroxylation is 1. The second-order valence-corrected chi connectivity index (χ2v) is 11.9. The first-order chi connectivity index (χ1) is 19.6. The highest BCUT2D eigenvalue weighted by atomic mass is 16.4. The smallest absolute Gasteiger partial charge is 0.354 e.